The van der Waals surface area contributed by atoms with Crippen LogP contribution in [0.15, 0.2) is 12.7 Å². The molecule has 1 aliphatic heterocycles. The van der Waals surface area contributed by atoms with Gasteiger partial charge in [-0.05, 0) is 33.8 Å². The molecule has 86 valence electrons. The van der Waals surface area contributed by atoms with Crippen LogP contribution in [-0.2, 0) is 4.79 Å². The number of hydrogen-bond donors (Lipinski definition) is 0. The Balaban J connectivity index is 2.63. The van der Waals surface area contributed by atoms with Gasteiger partial charge in [0.2, 0.25) is 5.91 Å². The summed E-state index contributed by atoms with van der Waals surface area (Å²) in [6, 6.07) is 0.281. The fourth-order valence-corrected chi connectivity index (χ4v) is 2.01. The van der Waals surface area contributed by atoms with Gasteiger partial charge in [-0.1, -0.05) is 6.58 Å². The third kappa shape index (κ3) is 2.81. The Bertz CT molecular complexity index is 255. The molecule has 1 heterocycles. The average molecular weight is 210 g/mol. The van der Waals surface area contributed by atoms with E-state index in [1.54, 1.807) is 0 Å². The van der Waals surface area contributed by atoms with Crippen molar-refractivity contribution in [3.63, 3.8) is 0 Å². The Labute approximate surface area is 92.7 Å². The summed E-state index contributed by atoms with van der Waals surface area (Å²) in [5, 5.41) is 0. The lowest BCUT2D eigenvalue weighted by molar-refractivity contribution is -0.131. The van der Waals surface area contributed by atoms with Crippen LogP contribution >= 0.6 is 0 Å². The summed E-state index contributed by atoms with van der Waals surface area (Å²) in [6.45, 7) is 15.0. The summed E-state index contributed by atoms with van der Waals surface area (Å²) in [5.41, 5.74) is 0.192. The standard InChI is InChI=1S/C12H22N2O/c1-6-11(15)14-8-7-13(9-10(14)2)12(3,4)5/h6,10H,1,7-9H2,2-5H3/t10-/m1/s1. The number of carbonyl (C=O) groups is 1. The molecule has 0 aromatic heterocycles. The first kappa shape index (κ1) is 12.2. The first-order chi connectivity index (χ1) is 6.86. The van der Waals surface area contributed by atoms with E-state index in [4.69, 9.17) is 0 Å². The molecular weight excluding hydrogens is 188 g/mol. The minimum atomic E-state index is 0.0519. The molecule has 0 unspecified atom stereocenters. The molecule has 1 fully saturated rings. The highest BCUT2D eigenvalue weighted by molar-refractivity contribution is 5.87. The number of piperazine rings is 1. The first-order valence-electron chi connectivity index (χ1n) is 5.54. The highest BCUT2D eigenvalue weighted by atomic mass is 16.2. The molecule has 3 heteroatoms. The number of nitrogens with zero attached hydrogens (tertiary/aromatic N) is 2. The highest BCUT2D eigenvalue weighted by Crippen LogP contribution is 2.19. The van der Waals surface area contributed by atoms with Crippen molar-refractivity contribution < 1.29 is 4.79 Å². The van der Waals surface area contributed by atoms with Crippen molar-refractivity contribution in [1.29, 1.82) is 0 Å². The van der Waals surface area contributed by atoms with Gasteiger partial charge in [0.1, 0.15) is 0 Å². The van der Waals surface area contributed by atoms with Gasteiger partial charge in [-0.3, -0.25) is 9.69 Å². The Morgan fingerprint density at radius 1 is 1.40 bits per heavy atom. The highest BCUT2D eigenvalue weighted by Gasteiger charge is 2.31. The number of amides is 1. The summed E-state index contributed by atoms with van der Waals surface area (Å²) in [7, 11) is 0. The van der Waals surface area contributed by atoms with Gasteiger partial charge in [0, 0.05) is 31.2 Å². The maximum Gasteiger partial charge on any atom is 0.246 e. The van der Waals surface area contributed by atoms with Crippen molar-refractivity contribution in [1.82, 2.24) is 9.80 Å². The molecule has 1 amide bonds. The lowest BCUT2D eigenvalue weighted by atomic mass is 10.0. The van der Waals surface area contributed by atoms with Gasteiger partial charge in [0.25, 0.3) is 0 Å². The second kappa shape index (κ2) is 4.35. The molecule has 15 heavy (non-hydrogen) atoms. The van der Waals surface area contributed by atoms with E-state index in [1.807, 2.05) is 4.90 Å². The zero-order valence-electron chi connectivity index (χ0n) is 10.3. The molecule has 0 N–H and O–H groups in total. The van der Waals surface area contributed by atoms with Crippen molar-refractivity contribution in [2.75, 3.05) is 19.6 Å². The van der Waals surface area contributed by atoms with Crippen LogP contribution in [0.3, 0.4) is 0 Å². The largest absolute Gasteiger partial charge is 0.334 e. The zero-order chi connectivity index (χ0) is 11.6. The monoisotopic (exact) mass is 210 g/mol. The van der Waals surface area contributed by atoms with Gasteiger partial charge in [-0.15, -0.1) is 0 Å². The van der Waals surface area contributed by atoms with Crippen molar-refractivity contribution in [3.05, 3.63) is 12.7 Å². The van der Waals surface area contributed by atoms with E-state index < -0.39 is 0 Å². The van der Waals surface area contributed by atoms with E-state index in [9.17, 15) is 4.79 Å². The van der Waals surface area contributed by atoms with E-state index in [2.05, 4.69) is 39.2 Å². The Morgan fingerprint density at radius 2 is 2.00 bits per heavy atom. The number of hydrogen-bond acceptors (Lipinski definition) is 2. The van der Waals surface area contributed by atoms with E-state index in [0.717, 1.165) is 19.6 Å². The summed E-state index contributed by atoms with van der Waals surface area (Å²) in [5.74, 6) is 0.0519. The smallest absolute Gasteiger partial charge is 0.246 e. The van der Waals surface area contributed by atoms with Gasteiger partial charge < -0.3 is 4.90 Å². The topological polar surface area (TPSA) is 23.6 Å². The van der Waals surface area contributed by atoms with Crippen LogP contribution in [0.25, 0.3) is 0 Å². The summed E-state index contributed by atoms with van der Waals surface area (Å²) < 4.78 is 0. The zero-order valence-corrected chi connectivity index (χ0v) is 10.3. The molecule has 0 saturated carbocycles. The molecule has 0 radical (unpaired) electrons. The third-order valence-corrected chi connectivity index (χ3v) is 3.03. The predicted molar refractivity (Wildman–Crippen MR) is 62.7 cm³/mol. The van der Waals surface area contributed by atoms with Gasteiger partial charge in [-0.2, -0.15) is 0 Å². The molecule has 1 rings (SSSR count). The van der Waals surface area contributed by atoms with E-state index in [0.29, 0.717) is 0 Å². The molecule has 0 spiro atoms. The summed E-state index contributed by atoms with van der Waals surface area (Å²) in [4.78, 5) is 15.8. The number of rotatable bonds is 1. The van der Waals surface area contributed by atoms with Crippen LogP contribution < -0.4 is 0 Å². The Morgan fingerprint density at radius 3 is 2.40 bits per heavy atom. The molecule has 1 saturated heterocycles. The Kier molecular flexibility index (Phi) is 3.55. The second-order valence-corrected chi connectivity index (χ2v) is 5.20. The van der Waals surface area contributed by atoms with Crippen LogP contribution in [0.5, 0.6) is 0 Å². The maximum atomic E-state index is 11.5. The van der Waals surface area contributed by atoms with E-state index in [-0.39, 0.29) is 17.5 Å². The van der Waals surface area contributed by atoms with E-state index in [1.165, 1.54) is 6.08 Å². The second-order valence-electron chi connectivity index (χ2n) is 5.20. The molecule has 3 nitrogen and oxygen atoms in total. The van der Waals surface area contributed by atoms with Crippen LogP contribution in [0, 0.1) is 0 Å². The van der Waals surface area contributed by atoms with Gasteiger partial charge in [0.05, 0.1) is 0 Å². The van der Waals surface area contributed by atoms with Crippen molar-refractivity contribution in [2.24, 2.45) is 0 Å². The van der Waals surface area contributed by atoms with Crippen molar-refractivity contribution >= 4 is 5.91 Å². The lowest BCUT2D eigenvalue weighted by Gasteiger charge is -2.45. The van der Waals surface area contributed by atoms with Crippen LogP contribution in [0.4, 0.5) is 0 Å². The SMILES string of the molecule is C=CC(=O)N1CCN(C(C)(C)C)C[C@H]1C. The third-order valence-electron chi connectivity index (χ3n) is 3.03. The fraction of sp³-hybridized carbons (Fsp3) is 0.750. The minimum absolute atomic E-state index is 0.0519. The normalized spacial score (nSPS) is 24.0. The van der Waals surface area contributed by atoms with Crippen LogP contribution in [-0.4, -0.2) is 46.9 Å². The lowest BCUT2D eigenvalue weighted by Crippen LogP contribution is -2.58. The molecule has 1 aliphatic rings. The van der Waals surface area contributed by atoms with Crippen LogP contribution in [0.1, 0.15) is 27.7 Å². The summed E-state index contributed by atoms with van der Waals surface area (Å²) >= 11 is 0. The van der Waals surface area contributed by atoms with Crippen molar-refractivity contribution in [2.45, 2.75) is 39.3 Å². The molecule has 0 aliphatic carbocycles. The molecule has 0 bridgehead atoms. The van der Waals surface area contributed by atoms with Gasteiger partial charge in [-0.25, -0.2) is 0 Å². The average Bonchev–Trinajstić information content (AvgIpc) is 2.15. The van der Waals surface area contributed by atoms with E-state index >= 15 is 0 Å². The van der Waals surface area contributed by atoms with Crippen molar-refractivity contribution in [3.8, 4) is 0 Å². The first-order valence-corrected chi connectivity index (χ1v) is 5.54. The van der Waals surface area contributed by atoms with Gasteiger partial charge in [0.15, 0.2) is 0 Å². The number of carbonyl (C=O) groups excluding carboxylic acids is 1. The Hall–Kier alpha value is -0.830. The quantitative estimate of drug-likeness (QED) is 0.612. The molecule has 1 atom stereocenters. The fourth-order valence-electron chi connectivity index (χ4n) is 2.01. The maximum absolute atomic E-state index is 11.5. The molecule has 0 aromatic carbocycles. The molecular formula is C12H22N2O. The molecule has 0 aromatic rings. The predicted octanol–water partition coefficient (Wildman–Crippen LogP) is 1.50. The summed E-state index contributed by atoms with van der Waals surface area (Å²) in [6.07, 6.45) is 1.41. The van der Waals surface area contributed by atoms with Gasteiger partial charge >= 0.3 is 0 Å². The minimum Gasteiger partial charge on any atom is -0.334 e. The van der Waals surface area contributed by atoms with Crippen LogP contribution in [0.2, 0.25) is 0 Å².